The molecule has 2 aromatic carbocycles. The molecule has 1 aromatic heterocycles. The van der Waals surface area contributed by atoms with Crippen LogP contribution in [-0.4, -0.2) is 20.6 Å². The van der Waals surface area contributed by atoms with Gasteiger partial charge in [0.1, 0.15) is 5.82 Å². The van der Waals surface area contributed by atoms with Gasteiger partial charge in [0.2, 0.25) is 0 Å². The summed E-state index contributed by atoms with van der Waals surface area (Å²) in [7, 11) is 0. The number of rotatable bonds is 3. The molecule has 0 bridgehead atoms. The van der Waals surface area contributed by atoms with Gasteiger partial charge >= 0.3 is 5.97 Å². The molecule has 0 fully saturated rings. The van der Waals surface area contributed by atoms with Crippen LogP contribution >= 0.6 is 23.2 Å². The van der Waals surface area contributed by atoms with E-state index in [-0.39, 0.29) is 10.8 Å². The van der Waals surface area contributed by atoms with Crippen LogP contribution in [0.5, 0.6) is 0 Å². The lowest BCUT2D eigenvalue weighted by Crippen LogP contribution is -2.08. The van der Waals surface area contributed by atoms with Crippen molar-refractivity contribution in [3.05, 3.63) is 70.5 Å². The zero-order valence-electron chi connectivity index (χ0n) is 11.2. The summed E-state index contributed by atoms with van der Waals surface area (Å²) in [6, 6.07) is 16.1. The molecular weight excluding hydrogens is 323 g/mol. The fourth-order valence-corrected chi connectivity index (χ4v) is 2.70. The van der Waals surface area contributed by atoms with Crippen molar-refractivity contribution in [1.82, 2.24) is 9.55 Å². The second-order valence-corrected chi connectivity index (χ2v) is 5.30. The van der Waals surface area contributed by atoms with E-state index in [2.05, 4.69) is 4.98 Å². The Bertz CT molecular complexity index is 845. The SMILES string of the molecule is O=C(O)c1c(Cl)nc(-c2ccccc2Cl)n1-c1ccccc1. The molecule has 0 saturated carbocycles. The number of benzene rings is 2. The molecular formula is C16H10Cl2N2O2. The number of imidazole rings is 1. The average molecular weight is 333 g/mol. The maximum absolute atomic E-state index is 11.6. The first-order chi connectivity index (χ1) is 10.6. The van der Waals surface area contributed by atoms with E-state index in [1.165, 1.54) is 4.57 Å². The molecule has 0 spiro atoms. The van der Waals surface area contributed by atoms with Gasteiger partial charge in [0.05, 0.1) is 5.02 Å². The zero-order valence-corrected chi connectivity index (χ0v) is 12.7. The van der Waals surface area contributed by atoms with Gasteiger partial charge in [-0.3, -0.25) is 4.57 Å². The Balaban J connectivity index is 2.35. The number of carboxylic acids is 1. The summed E-state index contributed by atoms with van der Waals surface area (Å²) in [6.45, 7) is 0. The third-order valence-corrected chi connectivity index (χ3v) is 3.76. The van der Waals surface area contributed by atoms with Crippen LogP contribution in [0, 0.1) is 0 Å². The highest BCUT2D eigenvalue weighted by Gasteiger charge is 2.24. The molecule has 0 aliphatic heterocycles. The molecule has 0 atom stereocenters. The first-order valence-corrected chi connectivity index (χ1v) is 7.17. The summed E-state index contributed by atoms with van der Waals surface area (Å²) in [5, 5.41) is 9.85. The third kappa shape index (κ3) is 2.47. The molecule has 3 aromatic rings. The van der Waals surface area contributed by atoms with Crippen LogP contribution in [0.2, 0.25) is 10.2 Å². The van der Waals surface area contributed by atoms with Gasteiger partial charge < -0.3 is 5.11 Å². The van der Waals surface area contributed by atoms with E-state index in [9.17, 15) is 9.90 Å². The quantitative estimate of drug-likeness (QED) is 0.765. The highest BCUT2D eigenvalue weighted by atomic mass is 35.5. The van der Waals surface area contributed by atoms with E-state index >= 15 is 0 Å². The van der Waals surface area contributed by atoms with Crippen LogP contribution in [0.1, 0.15) is 10.5 Å². The van der Waals surface area contributed by atoms with Crippen LogP contribution in [0.3, 0.4) is 0 Å². The monoisotopic (exact) mass is 332 g/mol. The minimum absolute atomic E-state index is 0.0775. The van der Waals surface area contributed by atoms with E-state index < -0.39 is 5.97 Å². The van der Waals surface area contributed by atoms with Crippen LogP contribution < -0.4 is 0 Å². The van der Waals surface area contributed by atoms with E-state index in [4.69, 9.17) is 23.2 Å². The van der Waals surface area contributed by atoms with E-state index in [0.717, 1.165) is 0 Å². The predicted octanol–water partition coefficient (Wildman–Crippen LogP) is 4.54. The fourth-order valence-electron chi connectivity index (χ4n) is 2.23. The second-order valence-electron chi connectivity index (χ2n) is 4.53. The van der Waals surface area contributed by atoms with Gasteiger partial charge in [-0.25, -0.2) is 9.78 Å². The van der Waals surface area contributed by atoms with Crippen molar-refractivity contribution in [2.75, 3.05) is 0 Å². The number of aromatic carboxylic acids is 1. The number of nitrogens with zero attached hydrogens (tertiary/aromatic N) is 2. The number of hydrogen-bond acceptors (Lipinski definition) is 2. The van der Waals surface area contributed by atoms with Gasteiger partial charge in [-0.1, -0.05) is 53.5 Å². The first-order valence-electron chi connectivity index (χ1n) is 6.41. The number of carboxylic acid groups (broad SMARTS) is 1. The van der Waals surface area contributed by atoms with Gasteiger partial charge in [0.15, 0.2) is 10.8 Å². The molecule has 22 heavy (non-hydrogen) atoms. The predicted molar refractivity (Wildman–Crippen MR) is 86.0 cm³/mol. The van der Waals surface area contributed by atoms with Gasteiger partial charge in [0, 0.05) is 11.3 Å². The number of halogens is 2. The average Bonchev–Trinajstić information content (AvgIpc) is 2.86. The summed E-state index contributed by atoms with van der Waals surface area (Å²) in [4.78, 5) is 15.8. The Labute approximate surface area is 136 Å². The highest BCUT2D eigenvalue weighted by Crippen LogP contribution is 2.33. The number of carbonyl (C=O) groups is 1. The lowest BCUT2D eigenvalue weighted by Gasteiger charge is -2.11. The van der Waals surface area contributed by atoms with Gasteiger partial charge in [-0.15, -0.1) is 0 Å². The van der Waals surface area contributed by atoms with Crippen molar-refractivity contribution in [2.45, 2.75) is 0 Å². The van der Waals surface area contributed by atoms with Crippen LogP contribution in [-0.2, 0) is 0 Å². The second kappa shape index (κ2) is 5.83. The number of aromatic nitrogens is 2. The van der Waals surface area contributed by atoms with Crippen molar-refractivity contribution < 1.29 is 9.90 Å². The molecule has 0 unspecified atom stereocenters. The lowest BCUT2D eigenvalue weighted by atomic mass is 10.2. The third-order valence-electron chi connectivity index (χ3n) is 3.17. The summed E-state index contributed by atoms with van der Waals surface area (Å²) in [5.74, 6) is -0.765. The molecule has 6 heteroatoms. The molecule has 4 nitrogen and oxygen atoms in total. The summed E-state index contributed by atoms with van der Waals surface area (Å²) in [6.07, 6.45) is 0. The standard InChI is InChI=1S/C16H10Cl2N2O2/c17-12-9-5-4-8-11(12)15-19-14(18)13(16(21)22)20(15)10-6-2-1-3-7-10/h1-9H,(H,21,22). The first kappa shape index (κ1) is 14.6. The lowest BCUT2D eigenvalue weighted by molar-refractivity contribution is 0.0688. The van der Waals surface area contributed by atoms with Gasteiger partial charge in [-0.05, 0) is 24.3 Å². The molecule has 3 rings (SSSR count). The van der Waals surface area contributed by atoms with Crippen LogP contribution in [0.25, 0.3) is 17.1 Å². The Morgan fingerprint density at radius 3 is 2.27 bits per heavy atom. The zero-order chi connectivity index (χ0) is 15.7. The summed E-state index contributed by atoms with van der Waals surface area (Å²) in [5.41, 5.74) is 1.17. The van der Waals surface area contributed by atoms with Crippen molar-refractivity contribution in [2.24, 2.45) is 0 Å². The Kier molecular flexibility index (Phi) is 3.88. The molecule has 0 aliphatic rings. The van der Waals surface area contributed by atoms with Crippen LogP contribution in [0.4, 0.5) is 0 Å². The summed E-state index contributed by atoms with van der Waals surface area (Å²) >= 11 is 12.3. The Morgan fingerprint density at radius 2 is 1.64 bits per heavy atom. The summed E-state index contributed by atoms with van der Waals surface area (Å²) < 4.78 is 1.49. The van der Waals surface area contributed by atoms with Crippen LogP contribution in [0.15, 0.2) is 54.6 Å². The minimum Gasteiger partial charge on any atom is -0.476 e. The van der Waals surface area contributed by atoms with E-state index in [0.29, 0.717) is 22.1 Å². The molecule has 0 saturated heterocycles. The maximum atomic E-state index is 11.6. The maximum Gasteiger partial charge on any atom is 0.356 e. The smallest absolute Gasteiger partial charge is 0.356 e. The Morgan fingerprint density at radius 1 is 1.00 bits per heavy atom. The molecule has 1 N–H and O–H groups in total. The fraction of sp³-hybridized carbons (Fsp3) is 0. The topological polar surface area (TPSA) is 55.1 Å². The van der Waals surface area contributed by atoms with Crippen molar-refractivity contribution in [1.29, 1.82) is 0 Å². The molecule has 0 aliphatic carbocycles. The normalized spacial score (nSPS) is 10.6. The van der Waals surface area contributed by atoms with Gasteiger partial charge in [0.25, 0.3) is 0 Å². The number of hydrogen-bond donors (Lipinski definition) is 1. The minimum atomic E-state index is -1.15. The van der Waals surface area contributed by atoms with E-state index in [1.807, 2.05) is 18.2 Å². The molecule has 110 valence electrons. The molecule has 0 radical (unpaired) electrons. The number of para-hydroxylation sites is 1. The van der Waals surface area contributed by atoms with Crippen molar-refractivity contribution >= 4 is 29.2 Å². The Hall–Kier alpha value is -2.30. The molecule has 0 amide bonds. The van der Waals surface area contributed by atoms with Crippen molar-refractivity contribution in [3.8, 4) is 17.1 Å². The van der Waals surface area contributed by atoms with Gasteiger partial charge in [-0.2, -0.15) is 0 Å². The molecule has 1 heterocycles. The van der Waals surface area contributed by atoms with Crippen molar-refractivity contribution in [3.63, 3.8) is 0 Å². The highest BCUT2D eigenvalue weighted by molar-refractivity contribution is 6.34. The largest absolute Gasteiger partial charge is 0.476 e. The van der Waals surface area contributed by atoms with E-state index in [1.54, 1.807) is 36.4 Å².